The lowest BCUT2D eigenvalue weighted by Gasteiger charge is -1.94. The second kappa shape index (κ2) is 3.79. The summed E-state index contributed by atoms with van der Waals surface area (Å²) in [4.78, 5) is 4.48. The fraction of sp³-hybridized carbons (Fsp3) is 0. The highest BCUT2D eigenvalue weighted by Crippen LogP contribution is 2.23. The summed E-state index contributed by atoms with van der Waals surface area (Å²) in [5.41, 5.74) is 1.04. The van der Waals surface area contributed by atoms with Gasteiger partial charge in [0.2, 0.25) is 0 Å². The normalized spacial score (nSPS) is 10.3. The van der Waals surface area contributed by atoms with Crippen molar-refractivity contribution in [3.8, 4) is 11.3 Å². The van der Waals surface area contributed by atoms with E-state index >= 15 is 0 Å². The van der Waals surface area contributed by atoms with E-state index in [1.165, 1.54) is 3.57 Å². The summed E-state index contributed by atoms with van der Waals surface area (Å²) < 4.78 is 6.52. The molecule has 0 spiro atoms. The van der Waals surface area contributed by atoms with Crippen LogP contribution < -0.4 is 0 Å². The topological polar surface area (TPSA) is 26.0 Å². The van der Waals surface area contributed by atoms with Crippen molar-refractivity contribution >= 4 is 38.5 Å². The summed E-state index contributed by atoms with van der Waals surface area (Å²) in [7, 11) is 0. The van der Waals surface area contributed by atoms with Crippen LogP contribution in [-0.2, 0) is 0 Å². The van der Waals surface area contributed by atoms with E-state index in [9.17, 15) is 0 Å². The zero-order valence-electron chi connectivity index (χ0n) is 6.50. The van der Waals surface area contributed by atoms with Crippen LogP contribution in [0.2, 0.25) is 0 Å². The molecule has 0 aliphatic rings. The van der Waals surface area contributed by atoms with Gasteiger partial charge in [0.1, 0.15) is 0 Å². The van der Waals surface area contributed by atoms with Gasteiger partial charge in [0.25, 0.3) is 4.80 Å². The third kappa shape index (κ3) is 2.11. The molecule has 1 aromatic heterocycles. The Morgan fingerprint density at radius 2 is 1.92 bits per heavy atom. The molecule has 0 unspecified atom stereocenters. The molecule has 2 rings (SSSR count). The standard InChI is InChI=1S/C9H5BrINO/c10-9-12-5-8(13-9)6-1-3-7(11)4-2-6/h1-5H. The van der Waals surface area contributed by atoms with Gasteiger partial charge in [-0.05, 0) is 34.7 Å². The van der Waals surface area contributed by atoms with Crippen LogP contribution in [0.25, 0.3) is 11.3 Å². The van der Waals surface area contributed by atoms with Gasteiger partial charge in [0.15, 0.2) is 5.76 Å². The molecule has 0 radical (unpaired) electrons. The Balaban J connectivity index is 2.41. The average Bonchev–Trinajstić information content (AvgIpc) is 2.53. The Labute approximate surface area is 97.6 Å². The summed E-state index contributed by atoms with van der Waals surface area (Å²) >= 11 is 5.43. The maximum absolute atomic E-state index is 5.31. The van der Waals surface area contributed by atoms with Crippen molar-refractivity contribution in [1.29, 1.82) is 0 Å². The second-order valence-corrected chi connectivity index (χ2v) is 4.41. The van der Waals surface area contributed by atoms with E-state index in [0.717, 1.165) is 11.3 Å². The SMILES string of the molecule is Brc1ncc(-c2ccc(I)cc2)o1. The molecule has 66 valence electrons. The van der Waals surface area contributed by atoms with E-state index in [1.54, 1.807) is 6.20 Å². The Hall–Kier alpha value is -0.360. The number of halogens is 2. The van der Waals surface area contributed by atoms with Gasteiger partial charge in [-0.3, -0.25) is 0 Å². The molecule has 0 aliphatic carbocycles. The molecule has 4 heteroatoms. The van der Waals surface area contributed by atoms with Crippen LogP contribution >= 0.6 is 38.5 Å². The van der Waals surface area contributed by atoms with Crippen molar-refractivity contribution in [2.45, 2.75) is 0 Å². The summed E-state index contributed by atoms with van der Waals surface area (Å²) in [5.74, 6) is 0.781. The molecule has 0 bridgehead atoms. The highest BCUT2D eigenvalue weighted by atomic mass is 127. The van der Waals surface area contributed by atoms with Gasteiger partial charge < -0.3 is 4.42 Å². The van der Waals surface area contributed by atoms with E-state index in [4.69, 9.17) is 4.42 Å². The first kappa shape index (κ1) is 9.21. The first-order valence-electron chi connectivity index (χ1n) is 3.63. The zero-order valence-corrected chi connectivity index (χ0v) is 10.2. The van der Waals surface area contributed by atoms with E-state index in [0.29, 0.717) is 4.80 Å². The van der Waals surface area contributed by atoms with E-state index in [-0.39, 0.29) is 0 Å². The van der Waals surface area contributed by atoms with Crippen molar-refractivity contribution in [3.05, 3.63) is 38.8 Å². The van der Waals surface area contributed by atoms with E-state index in [2.05, 4.69) is 43.5 Å². The smallest absolute Gasteiger partial charge is 0.264 e. The molecule has 13 heavy (non-hydrogen) atoms. The second-order valence-electron chi connectivity index (χ2n) is 2.48. The molecule has 0 N–H and O–H groups in total. The summed E-state index contributed by atoms with van der Waals surface area (Å²) in [6, 6.07) is 8.09. The maximum atomic E-state index is 5.31. The van der Waals surface area contributed by atoms with Crippen LogP contribution in [-0.4, -0.2) is 4.98 Å². The lowest BCUT2D eigenvalue weighted by atomic mass is 10.2. The van der Waals surface area contributed by atoms with Crippen LogP contribution in [0.3, 0.4) is 0 Å². The molecule has 2 aromatic rings. The van der Waals surface area contributed by atoms with Crippen molar-refractivity contribution in [1.82, 2.24) is 4.98 Å². The first-order chi connectivity index (χ1) is 6.25. The van der Waals surface area contributed by atoms with Crippen LogP contribution in [0.15, 0.2) is 39.7 Å². The van der Waals surface area contributed by atoms with Gasteiger partial charge in [0, 0.05) is 25.1 Å². The summed E-state index contributed by atoms with van der Waals surface area (Å²) in [6.07, 6.45) is 1.70. The molecule has 0 saturated heterocycles. The molecular formula is C9H5BrINO. The summed E-state index contributed by atoms with van der Waals surface area (Å²) in [6.45, 7) is 0. The molecule has 1 heterocycles. The zero-order chi connectivity index (χ0) is 9.26. The van der Waals surface area contributed by atoms with Crippen LogP contribution in [0.1, 0.15) is 0 Å². The van der Waals surface area contributed by atoms with Gasteiger partial charge in [-0.25, -0.2) is 4.98 Å². The van der Waals surface area contributed by atoms with Gasteiger partial charge in [0.05, 0.1) is 6.20 Å². The number of benzene rings is 1. The molecule has 0 atom stereocenters. The Kier molecular flexibility index (Phi) is 2.69. The minimum absolute atomic E-state index is 0.515. The van der Waals surface area contributed by atoms with Gasteiger partial charge >= 0.3 is 0 Å². The Morgan fingerprint density at radius 3 is 2.46 bits per heavy atom. The molecule has 0 fully saturated rings. The van der Waals surface area contributed by atoms with Gasteiger partial charge in [-0.2, -0.15) is 0 Å². The van der Waals surface area contributed by atoms with E-state index in [1.807, 2.05) is 24.3 Å². The number of oxazole rings is 1. The van der Waals surface area contributed by atoms with Crippen molar-refractivity contribution in [2.24, 2.45) is 0 Å². The number of aromatic nitrogens is 1. The van der Waals surface area contributed by atoms with Crippen LogP contribution in [0, 0.1) is 3.57 Å². The van der Waals surface area contributed by atoms with Crippen molar-refractivity contribution in [2.75, 3.05) is 0 Å². The van der Waals surface area contributed by atoms with Crippen molar-refractivity contribution in [3.63, 3.8) is 0 Å². The third-order valence-electron chi connectivity index (χ3n) is 1.61. The van der Waals surface area contributed by atoms with Crippen molar-refractivity contribution < 1.29 is 4.42 Å². The number of rotatable bonds is 1. The lowest BCUT2D eigenvalue weighted by Crippen LogP contribution is -1.73. The predicted octanol–water partition coefficient (Wildman–Crippen LogP) is 3.71. The summed E-state index contributed by atoms with van der Waals surface area (Å²) in [5, 5.41) is 0. The molecule has 0 saturated carbocycles. The van der Waals surface area contributed by atoms with Crippen LogP contribution in [0.4, 0.5) is 0 Å². The average molecular weight is 350 g/mol. The fourth-order valence-corrected chi connectivity index (χ4v) is 1.64. The highest BCUT2D eigenvalue weighted by Gasteiger charge is 2.02. The minimum Gasteiger partial charge on any atom is -0.431 e. The third-order valence-corrected chi connectivity index (χ3v) is 2.69. The van der Waals surface area contributed by atoms with Gasteiger partial charge in [-0.15, -0.1) is 0 Å². The quantitative estimate of drug-likeness (QED) is 0.733. The molecule has 0 aliphatic heterocycles. The largest absolute Gasteiger partial charge is 0.431 e. The molecule has 1 aromatic carbocycles. The highest BCUT2D eigenvalue weighted by molar-refractivity contribution is 14.1. The molecule has 0 amide bonds. The Bertz CT molecular complexity index is 410. The maximum Gasteiger partial charge on any atom is 0.264 e. The molecular weight excluding hydrogens is 345 g/mol. The monoisotopic (exact) mass is 349 g/mol. The van der Waals surface area contributed by atoms with E-state index < -0.39 is 0 Å². The first-order valence-corrected chi connectivity index (χ1v) is 5.50. The minimum atomic E-state index is 0.515. The predicted molar refractivity (Wildman–Crippen MR) is 62.4 cm³/mol. The van der Waals surface area contributed by atoms with Crippen LogP contribution in [0.5, 0.6) is 0 Å². The Morgan fingerprint density at radius 1 is 1.23 bits per heavy atom. The number of hydrogen-bond donors (Lipinski definition) is 0. The fourth-order valence-electron chi connectivity index (χ4n) is 1.00. The lowest BCUT2D eigenvalue weighted by molar-refractivity contribution is 0.542. The van der Waals surface area contributed by atoms with Gasteiger partial charge in [-0.1, -0.05) is 12.1 Å². The number of nitrogens with zero attached hydrogens (tertiary/aromatic N) is 1. The molecule has 2 nitrogen and oxygen atoms in total. The number of hydrogen-bond acceptors (Lipinski definition) is 2.